The van der Waals surface area contributed by atoms with Crippen LogP contribution in [0, 0.1) is 0 Å². The number of anilines is 2. The van der Waals surface area contributed by atoms with Gasteiger partial charge in [-0.2, -0.15) is 0 Å². The van der Waals surface area contributed by atoms with Gasteiger partial charge in [0.25, 0.3) is 0 Å². The monoisotopic (exact) mass is 377 g/mol. The molecule has 1 saturated heterocycles. The molecular weight excluding hydrogens is 345 g/mol. The van der Waals surface area contributed by atoms with Crippen molar-refractivity contribution in [2.24, 2.45) is 0 Å². The number of nitrogens with one attached hydrogen (secondary N) is 2. The van der Waals surface area contributed by atoms with Crippen LogP contribution in [0.2, 0.25) is 0 Å². The second kappa shape index (κ2) is 7.60. The number of nitrogen functional groups attached to an aromatic ring is 1. The summed E-state index contributed by atoms with van der Waals surface area (Å²) < 4.78 is 17.4. The molecule has 0 radical (unpaired) electrons. The zero-order valence-electron chi connectivity index (χ0n) is 17.4. The van der Waals surface area contributed by atoms with E-state index in [2.05, 4.69) is 10.6 Å². The summed E-state index contributed by atoms with van der Waals surface area (Å²) in [6.45, 7) is 14.4. The predicted molar refractivity (Wildman–Crippen MR) is 109 cm³/mol. The van der Waals surface area contributed by atoms with Gasteiger partial charge in [-0.1, -0.05) is 12.1 Å². The number of benzene rings is 1. The Bertz CT molecular complexity index is 670. The van der Waals surface area contributed by atoms with E-state index in [9.17, 15) is 4.79 Å². The number of carbonyl (C=O) groups is 1. The Kier molecular flexibility index (Phi) is 6.02. The van der Waals surface area contributed by atoms with Gasteiger partial charge < -0.3 is 30.4 Å². The molecule has 1 aromatic carbocycles. The first-order valence-corrected chi connectivity index (χ1v) is 9.27. The van der Waals surface area contributed by atoms with Crippen molar-refractivity contribution in [3.8, 4) is 0 Å². The SMILES string of the molecule is CC(C)(C)OC(=O)NCCNc1cccc(B2OC(C)(C)C(C)(C)O2)c1N. The largest absolute Gasteiger partial charge is 0.497 e. The van der Waals surface area contributed by atoms with Crippen LogP contribution in [0.3, 0.4) is 0 Å². The topological polar surface area (TPSA) is 94.8 Å². The molecule has 0 unspecified atom stereocenters. The summed E-state index contributed by atoms with van der Waals surface area (Å²) in [5.74, 6) is 0. The molecule has 1 amide bonds. The molecule has 150 valence electrons. The molecule has 4 N–H and O–H groups in total. The van der Waals surface area contributed by atoms with E-state index in [1.807, 2.05) is 66.7 Å². The minimum Gasteiger partial charge on any atom is -0.444 e. The van der Waals surface area contributed by atoms with Crippen LogP contribution in [-0.4, -0.2) is 43.1 Å². The molecule has 1 aliphatic heterocycles. The number of nitrogens with two attached hydrogens (primary N) is 1. The minimum absolute atomic E-state index is 0.412. The highest BCUT2D eigenvalue weighted by Crippen LogP contribution is 2.37. The van der Waals surface area contributed by atoms with Gasteiger partial charge >= 0.3 is 13.2 Å². The highest BCUT2D eigenvalue weighted by molar-refractivity contribution is 6.64. The summed E-state index contributed by atoms with van der Waals surface area (Å²) >= 11 is 0. The van der Waals surface area contributed by atoms with Crippen LogP contribution < -0.4 is 21.8 Å². The van der Waals surface area contributed by atoms with Crippen molar-refractivity contribution in [2.45, 2.75) is 65.3 Å². The number of para-hydroxylation sites is 1. The van der Waals surface area contributed by atoms with Gasteiger partial charge in [0, 0.05) is 18.6 Å². The quantitative estimate of drug-likeness (QED) is 0.415. The molecule has 0 spiro atoms. The lowest BCUT2D eigenvalue weighted by Crippen LogP contribution is -2.41. The van der Waals surface area contributed by atoms with Gasteiger partial charge in [0.15, 0.2) is 0 Å². The fourth-order valence-corrected chi connectivity index (χ4v) is 2.59. The Morgan fingerprint density at radius 3 is 2.30 bits per heavy atom. The van der Waals surface area contributed by atoms with Gasteiger partial charge in [-0.25, -0.2) is 4.79 Å². The van der Waals surface area contributed by atoms with Crippen molar-refractivity contribution in [2.75, 3.05) is 24.1 Å². The van der Waals surface area contributed by atoms with Gasteiger partial charge in [-0.15, -0.1) is 0 Å². The van der Waals surface area contributed by atoms with Crippen LogP contribution in [0.1, 0.15) is 48.5 Å². The lowest BCUT2D eigenvalue weighted by Gasteiger charge is -2.32. The number of hydrogen-bond donors (Lipinski definition) is 3. The zero-order valence-corrected chi connectivity index (χ0v) is 17.4. The van der Waals surface area contributed by atoms with E-state index < -0.39 is 30.0 Å². The molecule has 7 nitrogen and oxygen atoms in total. The average Bonchev–Trinajstić information content (AvgIpc) is 2.71. The maximum Gasteiger partial charge on any atom is 0.497 e. The summed E-state index contributed by atoms with van der Waals surface area (Å²) in [4.78, 5) is 11.7. The van der Waals surface area contributed by atoms with Gasteiger partial charge in [0.05, 0.1) is 22.6 Å². The van der Waals surface area contributed by atoms with E-state index in [0.29, 0.717) is 18.8 Å². The number of rotatable bonds is 5. The molecule has 0 atom stereocenters. The Labute approximate surface area is 162 Å². The summed E-state index contributed by atoms with van der Waals surface area (Å²) in [6, 6.07) is 5.69. The fourth-order valence-electron chi connectivity index (χ4n) is 2.59. The Morgan fingerprint density at radius 1 is 1.15 bits per heavy atom. The molecule has 8 heteroatoms. The smallest absolute Gasteiger partial charge is 0.444 e. The third-order valence-electron chi connectivity index (χ3n) is 4.76. The molecule has 1 aromatic rings. The molecule has 1 heterocycles. The maximum atomic E-state index is 11.7. The third-order valence-corrected chi connectivity index (χ3v) is 4.76. The zero-order chi connectivity index (χ0) is 20.5. The second-order valence-corrected chi connectivity index (χ2v) is 8.75. The van der Waals surface area contributed by atoms with Crippen molar-refractivity contribution in [1.29, 1.82) is 0 Å². The molecule has 2 rings (SSSR count). The second-order valence-electron chi connectivity index (χ2n) is 8.75. The number of hydrogen-bond acceptors (Lipinski definition) is 6. The van der Waals surface area contributed by atoms with Gasteiger partial charge in [-0.3, -0.25) is 0 Å². The van der Waals surface area contributed by atoms with E-state index in [1.165, 1.54) is 0 Å². The van der Waals surface area contributed by atoms with Crippen LogP contribution >= 0.6 is 0 Å². The molecule has 0 bridgehead atoms. The van der Waals surface area contributed by atoms with Crippen LogP contribution in [0.15, 0.2) is 18.2 Å². The molecule has 27 heavy (non-hydrogen) atoms. The lowest BCUT2D eigenvalue weighted by atomic mass is 9.77. The first kappa shape index (κ1) is 21.4. The fraction of sp³-hybridized carbons (Fsp3) is 0.632. The molecular formula is C19H32BN3O4. The highest BCUT2D eigenvalue weighted by atomic mass is 16.7. The van der Waals surface area contributed by atoms with E-state index in [-0.39, 0.29) is 0 Å². The van der Waals surface area contributed by atoms with Crippen LogP contribution in [-0.2, 0) is 14.0 Å². The van der Waals surface area contributed by atoms with Crippen molar-refractivity contribution in [3.63, 3.8) is 0 Å². The first-order valence-electron chi connectivity index (χ1n) is 9.27. The highest BCUT2D eigenvalue weighted by Gasteiger charge is 2.52. The van der Waals surface area contributed by atoms with Gasteiger partial charge in [0.1, 0.15) is 5.60 Å². The summed E-state index contributed by atoms with van der Waals surface area (Å²) in [5.41, 5.74) is 7.10. The number of alkyl carbamates (subject to hydrolysis) is 1. The van der Waals surface area contributed by atoms with Crippen molar-refractivity contribution < 1.29 is 18.8 Å². The van der Waals surface area contributed by atoms with Crippen molar-refractivity contribution >= 4 is 30.0 Å². The van der Waals surface area contributed by atoms with E-state index in [4.69, 9.17) is 19.8 Å². The predicted octanol–water partition coefficient (Wildman–Crippen LogP) is 2.50. The van der Waals surface area contributed by atoms with Crippen LogP contribution in [0.25, 0.3) is 0 Å². The van der Waals surface area contributed by atoms with Crippen LogP contribution in [0.5, 0.6) is 0 Å². The van der Waals surface area contributed by atoms with Gasteiger partial charge in [0.2, 0.25) is 0 Å². The molecule has 1 aliphatic rings. The third kappa shape index (κ3) is 5.29. The standard InChI is InChI=1S/C19H32BN3O4/c1-17(2,3)25-16(24)23-12-11-22-14-10-8-9-13(15(14)21)20-26-18(4,5)19(6,7)27-20/h8-10,22H,11-12,21H2,1-7H3,(H,23,24). The van der Waals surface area contributed by atoms with Gasteiger partial charge in [-0.05, 0) is 54.5 Å². The van der Waals surface area contributed by atoms with Crippen LogP contribution in [0.4, 0.5) is 16.2 Å². The molecule has 0 saturated carbocycles. The molecule has 1 fully saturated rings. The van der Waals surface area contributed by atoms with E-state index in [0.717, 1.165) is 11.2 Å². The Morgan fingerprint density at radius 2 is 1.74 bits per heavy atom. The van der Waals surface area contributed by atoms with Crippen molar-refractivity contribution in [3.05, 3.63) is 18.2 Å². The van der Waals surface area contributed by atoms with E-state index in [1.54, 1.807) is 0 Å². The number of carbonyl (C=O) groups excluding carboxylic acids is 1. The van der Waals surface area contributed by atoms with E-state index >= 15 is 0 Å². The summed E-state index contributed by atoms with van der Waals surface area (Å²) in [6.07, 6.45) is -0.441. The Hall–Kier alpha value is -1.93. The summed E-state index contributed by atoms with van der Waals surface area (Å²) in [7, 11) is -0.517. The Balaban J connectivity index is 1.95. The minimum atomic E-state index is -0.517. The summed E-state index contributed by atoms with van der Waals surface area (Å²) in [5, 5.41) is 5.94. The number of amides is 1. The van der Waals surface area contributed by atoms with Crippen molar-refractivity contribution in [1.82, 2.24) is 5.32 Å². The molecule has 0 aromatic heterocycles. The normalized spacial score (nSPS) is 18.3. The first-order chi connectivity index (χ1) is 12.3. The number of ether oxygens (including phenoxy) is 1. The average molecular weight is 377 g/mol. The maximum absolute atomic E-state index is 11.7. The lowest BCUT2D eigenvalue weighted by molar-refractivity contribution is 0.00578. The molecule has 0 aliphatic carbocycles.